The Morgan fingerprint density at radius 3 is 2.40 bits per heavy atom. The summed E-state index contributed by atoms with van der Waals surface area (Å²) in [6.45, 7) is 6.58. The van der Waals surface area contributed by atoms with Gasteiger partial charge in [-0.05, 0) is 25.0 Å². The van der Waals surface area contributed by atoms with E-state index in [1.54, 1.807) is 7.11 Å². The van der Waals surface area contributed by atoms with Crippen molar-refractivity contribution in [2.75, 3.05) is 12.4 Å². The van der Waals surface area contributed by atoms with Crippen molar-refractivity contribution in [1.29, 1.82) is 0 Å². The van der Waals surface area contributed by atoms with Crippen molar-refractivity contribution in [2.24, 2.45) is 5.92 Å². The second-order valence-electron chi connectivity index (χ2n) is 4.06. The van der Waals surface area contributed by atoms with Crippen molar-refractivity contribution in [2.45, 2.75) is 26.8 Å². The van der Waals surface area contributed by atoms with Crippen LogP contribution in [0.3, 0.4) is 0 Å². The Bertz CT molecular complexity index is 325. The third-order valence-electron chi connectivity index (χ3n) is 2.50. The number of hydrogen-bond acceptors (Lipinski definition) is 2. The van der Waals surface area contributed by atoms with Gasteiger partial charge in [0.15, 0.2) is 0 Å². The zero-order valence-corrected chi connectivity index (χ0v) is 11.3. The first kappa shape index (κ1) is 12.4. The Hall–Kier alpha value is -0.700. The smallest absolute Gasteiger partial charge is 0.122 e. The second kappa shape index (κ2) is 5.40. The highest BCUT2D eigenvalue weighted by molar-refractivity contribution is 9.10. The van der Waals surface area contributed by atoms with Crippen molar-refractivity contribution in [3.63, 3.8) is 0 Å². The highest BCUT2D eigenvalue weighted by atomic mass is 79.9. The fourth-order valence-electron chi connectivity index (χ4n) is 1.19. The third kappa shape index (κ3) is 3.74. The third-order valence-corrected chi connectivity index (χ3v) is 2.96. The van der Waals surface area contributed by atoms with Crippen LogP contribution in [0.15, 0.2) is 22.7 Å². The van der Waals surface area contributed by atoms with E-state index in [1.807, 2.05) is 12.1 Å². The van der Waals surface area contributed by atoms with Gasteiger partial charge >= 0.3 is 0 Å². The van der Waals surface area contributed by atoms with Gasteiger partial charge in [-0.25, -0.2) is 0 Å². The molecule has 3 heteroatoms. The van der Waals surface area contributed by atoms with Gasteiger partial charge in [-0.15, -0.1) is 0 Å². The predicted octanol–water partition coefficient (Wildman–Crippen LogP) is 3.91. The van der Waals surface area contributed by atoms with Crippen molar-refractivity contribution in [1.82, 2.24) is 0 Å². The molecule has 0 amide bonds. The molecule has 0 fully saturated rings. The quantitative estimate of drug-likeness (QED) is 0.897. The predicted molar refractivity (Wildman–Crippen MR) is 68.6 cm³/mol. The molecular formula is C12H18BrNO. The molecule has 1 aromatic rings. The minimum absolute atomic E-state index is 0.448. The molecule has 1 atom stereocenters. The average molecular weight is 272 g/mol. The number of benzene rings is 1. The lowest BCUT2D eigenvalue weighted by Gasteiger charge is -2.19. The molecule has 84 valence electrons. The molecule has 0 radical (unpaired) electrons. The summed E-state index contributed by atoms with van der Waals surface area (Å²) in [6.07, 6.45) is 0. The molecule has 0 aliphatic heterocycles. The average Bonchev–Trinajstić information content (AvgIpc) is 2.16. The number of anilines is 1. The SMILES string of the molecule is COc1cc(Br)cc(NC(C)C(C)C)c1. The zero-order chi connectivity index (χ0) is 11.4. The number of halogens is 1. The Kier molecular flexibility index (Phi) is 4.45. The summed E-state index contributed by atoms with van der Waals surface area (Å²) < 4.78 is 6.24. The van der Waals surface area contributed by atoms with E-state index in [-0.39, 0.29) is 0 Å². The van der Waals surface area contributed by atoms with Crippen LogP contribution in [0.1, 0.15) is 20.8 Å². The number of nitrogens with one attached hydrogen (secondary N) is 1. The van der Waals surface area contributed by atoms with Gasteiger partial charge in [0.1, 0.15) is 5.75 Å². The first-order valence-corrected chi connectivity index (χ1v) is 5.93. The largest absolute Gasteiger partial charge is 0.497 e. The normalized spacial score (nSPS) is 12.7. The van der Waals surface area contributed by atoms with Gasteiger partial charge in [0.05, 0.1) is 7.11 Å². The van der Waals surface area contributed by atoms with Crippen LogP contribution in [0, 0.1) is 5.92 Å². The second-order valence-corrected chi connectivity index (χ2v) is 4.97. The molecule has 1 aromatic carbocycles. The molecular weight excluding hydrogens is 254 g/mol. The molecule has 1 N–H and O–H groups in total. The van der Waals surface area contributed by atoms with E-state index in [0.717, 1.165) is 15.9 Å². The van der Waals surface area contributed by atoms with Crippen molar-refractivity contribution >= 4 is 21.6 Å². The Morgan fingerprint density at radius 1 is 1.20 bits per heavy atom. The molecule has 0 heterocycles. The van der Waals surface area contributed by atoms with Crippen LogP contribution in [0.25, 0.3) is 0 Å². The Balaban J connectivity index is 2.80. The lowest BCUT2D eigenvalue weighted by molar-refractivity contribution is 0.414. The lowest BCUT2D eigenvalue weighted by Crippen LogP contribution is -2.21. The maximum Gasteiger partial charge on any atom is 0.122 e. The summed E-state index contributed by atoms with van der Waals surface area (Å²) >= 11 is 3.46. The highest BCUT2D eigenvalue weighted by Gasteiger charge is 2.07. The molecule has 1 rings (SSSR count). The molecule has 0 aromatic heterocycles. The molecule has 0 bridgehead atoms. The molecule has 2 nitrogen and oxygen atoms in total. The number of ether oxygens (including phenoxy) is 1. The zero-order valence-electron chi connectivity index (χ0n) is 9.67. The highest BCUT2D eigenvalue weighted by Crippen LogP contribution is 2.25. The molecule has 1 unspecified atom stereocenters. The molecule has 0 aliphatic carbocycles. The van der Waals surface area contributed by atoms with E-state index in [2.05, 4.69) is 48.1 Å². The number of methoxy groups -OCH3 is 1. The van der Waals surface area contributed by atoms with Gasteiger partial charge < -0.3 is 10.1 Å². The van der Waals surface area contributed by atoms with Crippen molar-refractivity contribution in [3.8, 4) is 5.75 Å². The summed E-state index contributed by atoms with van der Waals surface area (Å²) in [4.78, 5) is 0. The van der Waals surface area contributed by atoms with Gasteiger partial charge in [-0.3, -0.25) is 0 Å². The first-order chi connectivity index (χ1) is 7.02. The van der Waals surface area contributed by atoms with Gasteiger partial charge in [0.2, 0.25) is 0 Å². The maximum absolute atomic E-state index is 5.21. The summed E-state index contributed by atoms with van der Waals surface area (Å²) in [5.41, 5.74) is 1.09. The molecule has 0 saturated carbocycles. The fourth-order valence-corrected chi connectivity index (χ4v) is 1.67. The summed E-state index contributed by atoms with van der Waals surface area (Å²) in [7, 11) is 1.68. The van der Waals surface area contributed by atoms with Crippen LogP contribution < -0.4 is 10.1 Å². The lowest BCUT2D eigenvalue weighted by atomic mass is 10.1. The van der Waals surface area contributed by atoms with E-state index in [9.17, 15) is 0 Å². The molecule has 15 heavy (non-hydrogen) atoms. The fraction of sp³-hybridized carbons (Fsp3) is 0.500. The Labute approximate surface area is 100 Å². The van der Waals surface area contributed by atoms with Crippen LogP contribution in [0.5, 0.6) is 5.75 Å². The topological polar surface area (TPSA) is 21.3 Å². The van der Waals surface area contributed by atoms with Gasteiger partial charge in [0, 0.05) is 22.3 Å². The van der Waals surface area contributed by atoms with E-state index < -0.39 is 0 Å². The molecule has 0 spiro atoms. The van der Waals surface area contributed by atoms with Gasteiger partial charge in [-0.2, -0.15) is 0 Å². The number of hydrogen-bond donors (Lipinski definition) is 1. The van der Waals surface area contributed by atoms with E-state index >= 15 is 0 Å². The summed E-state index contributed by atoms with van der Waals surface area (Å²) in [6, 6.07) is 6.46. The van der Waals surface area contributed by atoms with Crippen LogP contribution in [0.2, 0.25) is 0 Å². The summed E-state index contributed by atoms with van der Waals surface area (Å²) in [5, 5.41) is 3.45. The molecule has 0 aliphatic rings. The number of rotatable bonds is 4. The van der Waals surface area contributed by atoms with E-state index in [1.165, 1.54) is 0 Å². The standard InChI is InChI=1S/C12H18BrNO/c1-8(2)9(3)14-11-5-10(13)6-12(7-11)15-4/h5-9,14H,1-4H3. The maximum atomic E-state index is 5.21. The monoisotopic (exact) mass is 271 g/mol. The Morgan fingerprint density at radius 2 is 1.87 bits per heavy atom. The van der Waals surface area contributed by atoms with Crippen LogP contribution in [-0.4, -0.2) is 13.2 Å². The molecule has 0 saturated heterocycles. The first-order valence-electron chi connectivity index (χ1n) is 5.14. The minimum atomic E-state index is 0.448. The van der Waals surface area contributed by atoms with E-state index in [0.29, 0.717) is 12.0 Å². The minimum Gasteiger partial charge on any atom is -0.497 e. The summed E-state index contributed by atoms with van der Waals surface area (Å²) in [5.74, 6) is 1.47. The van der Waals surface area contributed by atoms with Gasteiger partial charge in [0.25, 0.3) is 0 Å². The van der Waals surface area contributed by atoms with Crippen LogP contribution in [0.4, 0.5) is 5.69 Å². The van der Waals surface area contributed by atoms with E-state index in [4.69, 9.17) is 4.74 Å². The van der Waals surface area contributed by atoms with Crippen molar-refractivity contribution in [3.05, 3.63) is 22.7 Å². The van der Waals surface area contributed by atoms with Crippen LogP contribution in [-0.2, 0) is 0 Å². The van der Waals surface area contributed by atoms with Crippen LogP contribution >= 0.6 is 15.9 Å². The van der Waals surface area contributed by atoms with Crippen molar-refractivity contribution < 1.29 is 4.74 Å². The van der Waals surface area contributed by atoms with Gasteiger partial charge in [-0.1, -0.05) is 29.8 Å².